The van der Waals surface area contributed by atoms with Gasteiger partial charge in [0.05, 0.1) is 11.2 Å². The second kappa shape index (κ2) is 4.06. The van der Waals surface area contributed by atoms with Crippen LogP contribution in [0.5, 0.6) is 0 Å². The van der Waals surface area contributed by atoms with E-state index in [1.807, 2.05) is 18.2 Å². The Morgan fingerprint density at radius 2 is 1.53 bits per heavy atom. The Morgan fingerprint density at radius 1 is 0.765 bits per heavy atom. The SMILES string of the molecule is Bc1ccc(-c2ccc3ccccc3n2)cc1. The van der Waals surface area contributed by atoms with Crippen molar-refractivity contribution in [2.75, 3.05) is 0 Å². The third kappa shape index (κ3) is 1.94. The van der Waals surface area contributed by atoms with Gasteiger partial charge in [-0.15, -0.1) is 0 Å². The van der Waals surface area contributed by atoms with Crippen LogP contribution in [0.15, 0.2) is 60.7 Å². The first kappa shape index (κ1) is 10.1. The van der Waals surface area contributed by atoms with E-state index >= 15 is 0 Å². The van der Waals surface area contributed by atoms with Crippen molar-refractivity contribution in [1.29, 1.82) is 0 Å². The summed E-state index contributed by atoms with van der Waals surface area (Å²) in [6.07, 6.45) is 0. The minimum atomic E-state index is 1.03. The summed E-state index contributed by atoms with van der Waals surface area (Å²) in [6.45, 7) is 0. The topological polar surface area (TPSA) is 12.9 Å². The molecule has 3 aromatic rings. The van der Waals surface area contributed by atoms with Crippen molar-refractivity contribution in [1.82, 2.24) is 4.98 Å². The van der Waals surface area contributed by atoms with Gasteiger partial charge in [0.15, 0.2) is 0 Å². The second-order valence-corrected chi connectivity index (χ2v) is 4.26. The third-order valence-corrected chi connectivity index (χ3v) is 2.95. The predicted molar refractivity (Wildman–Crippen MR) is 75.4 cm³/mol. The molecule has 0 radical (unpaired) electrons. The molecule has 0 atom stereocenters. The fourth-order valence-electron chi connectivity index (χ4n) is 1.95. The molecule has 0 bridgehead atoms. The molecule has 1 aromatic heterocycles. The Labute approximate surface area is 102 Å². The monoisotopic (exact) mass is 217 g/mol. The van der Waals surface area contributed by atoms with Crippen molar-refractivity contribution in [3.63, 3.8) is 0 Å². The Bertz CT molecular complexity index is 659. The van der Waals surface area contributed by atoms with Crippen molar-refractivity contribution < 1.29 is 0 Å². The molecule has 0 N–H and O–H groups in total. The number of fused-ring (bicyclic) bond motifs is 1. The molecule has 0 saturated carbocycles. The minimum Gasteiger partial charge on any atom is -0.248 e. The van der Waals surface area contributed by atoms with Crippen LogP contribution in [0.3, 0.4) is 0 Å². The normalized spacial score (nSPS) is 10.6. The average molecular weight is 217 g/mol. The smallest absolute Gasteiger partial charge is 0.139 e. The Balaban J connectivity index is 2.14. The summed E-state index contributed by atoms with van der Waals surface area (Å²) in [6, 6.07) is 20.9. The van der Waals surface area contributed by atoms with Crippen molar-refractivity contribution in [2.45, 2.75) is 0 Å². The lowest BCUT2D eigenvalue weighted by atomic mass is 9.94. The summed E-state index contributed by atoms with van der Waals surface area (Å²) in [7, 11) is 2.09. The van der Waals surface area contributed by atoms with E-state index in [9.17, 15) is 0 Å². The zero-order valence-electron chi connectivity index (χ0n) is 9.72. The number of para-hydroxylation sites is 1. The zero-order valence-corrected chi connectivity index (χ0v) is 9.72. The molecule has 0 aliphatic rings. The van der Waals surface area contributed by atoms with Crippen molar-refractivity contribution in [2.24, 2.45) is 0 Å². The van der Waals surface area contributed by atoms with Crippen LogP contribution >= 0.6 is 0 Å². The fraction of sp³-hybridized carbons (Fsp3) is 0. The number of benzene rings is 2. The summed E-state index contributed by atoms with van der Waals surface area (Å²) >= 11 is 0. The third-order valence-electron chi connectivity index (χ3n) is 2.95. The second-order valence-electron chi connectivity index (χ2n) is 4.26. The van der Waals surface area contributed by atoms with Crippen LogP contribution in [0.25, 0.3) is 22.2 Å². The van der Waals surface area contributed by atoms with E-state index in [2.05, 4.69) is 55.3 Å². The molecule has 0 aliphatic carbocycles. The first-order chi connectivity index (χ1) is 8.33. The van der Waals surface area contributed by atoms with Gasteiger partial charge < -0.3 is 0 Å². The maximum Gasteiger partial charge on any atom is 0.139 e. The number of hydrogen-bond donors (Lipinski definition) is 0. The van der Waals surface area contributed by atoms with Crippen molar-refractivity contribution >= 4 is 24.2 Å². The molecule has 1 nitrogen and oxygen atoms in total. The van der Waals surface area contributed by atoms with Crippen LogP contribution < -0.4 is 5.46 Å². The van der Waals surface area contributed by atoms with Gasteiger partial charge in [-0.3, -0.25) is 0 Å². The number of hydrogen-bond acceptors (Lipinski definition) is 1. The molecular formula is C15H12BN. The van der Waals surface area contributed by atoms with E-state index in [0.717, 1.165) is 11.2 Å². The summed E-state index contributed by atoms with van der Waals surface area (Å²) in [5.74, 6) is 0. The van der Waals surface area contributed by atoms with Crippen LogP contribution in [-0.4, -0.2) is 12.8 Å². The maximum absolute atomic E-state index is 4.68. The lowest BCUT2D eigenvalue weighted by Crippen LogP contribution is -1.99. The molecule has 0 aliphatic heterocycles. The van der Waals surface area contributed by atoms with E-state index in [1.54, 1.807) is 0 Å². The van der Waals surface area contributed by atoms with Crippen LogP contribution in [0.4, 0.5) is 0 Å². The largest absolute Gasteiger partial charge is 0.248 e. The van der Waals surface area contributed by atoms with E-state index in [-0.39, 0.29) is 0 Å². The lowest BCUT2D eigenvalue weighted by Gasteiger charge is -2.03. The summed E-state index contributed by atoms with van der Waals surface area (Å²) in [5, 5.41) is 1.18. The van der Waals surface area contributed by atoms with E-state index in [0.29, 0.717) is 0 Å². The molecule has 17 heavy (non-hydrogen) atoms. The van der Waals surface area contributed by atoms with Crippen molar-refractivity contribution in [3.05, 3.63) is 60.7 Å². The highest BCUT2D eigenvalue weighted by Gasteiger charge is 2.00. The summed E-state index contributed by atoms with van der Waals surface area (Å²) in [5.41, 5.74) is 4.52. The molecule has 2 heteroatoms. The molecule has 0 unspecified atom stereocenters. The standard InChI is InChI=1S/C15H12BN/c16-13-8-5-12(6-9-13)15-10-7-11-3-1-2-4-14(11)17-15/h1-10H,16H2. The van der Waals surface area contributed by atoms with Gasteiger partial charge in [0.1, 0.15) is 7.85 Å². The highest BCUT2D eigenvalue weighted by molar-refractivity contribution is 6.32. The van der Waals surface area contributed by atoms with Crippen LogP contribution in [0, 0.1) is 0 Å². The van der Waals surface area contributed by atoms with E-state index in [4.69, 9.17) is 0 Å². The van der Waals surface area contributed by atoms with Gasteiger partial charge in [0, 0.05) is 10.9 Å². The van der Waals surface area contributed by atoms with Gasteiger partial charge in [-0.25, -0.2) is 4.98 Å². The lowest BCUT2D eigenvalue weighted by molar-refractivity contribution is 1.40. The fourth-order valence-corrected chi connectivity index (χ4v) is 1.95. The van der Waals surface area contributed by atoms with Gasteiger partial charge in [-0.1, -0.05) is 54.0 Å². The molecular weight excluding hydrogens is 205 g/mol. The minimum absolute atomic E-state index is 1.03. The van der Waals surface area contributed by atoms with Gasteiger partial charge in [-0.05, 0) is 12.1 Å². The number of rotatable bonds is 1. The molecule has 1 heterocycles. The van der Waals surface area contributed by atoms with Gasteiger partial charge >= 0.3 is 0 Å². The Kier molecular flexibility index (Phi) is 2.41. The molecule has 2 aromatic carbocycles. The van der Waals surface area contributed by atoms with E-state index in [1.165, 1.54) is 16.4 Å². The van der Waals surface area contributed by atoms with Crippen LogP contribution in [0.2, 0.25) is 0 Å². The van der Waals surface area contributed by atoms with E-state index < -0.39 is 0 Å². The molecule has 0 amide bonds. The number of pyridine rings is 1. The summed E-state index contributed by atoms with van der Waals surface area (Å²) in [4.78, 5) is 4.68. The first-order valence-electron chi connectivity index (χ1n) is 5.76. The summed E-state index contributed by atoms with van der Waals surface area (Å²) < 4.78 is 0. The van der Waals surface area contributed by atoms with Gasteiger partial charge in [0.25, 0.3) is 0 Å². The quantitative estimate of drug-likeness (QED) is 0.569. The molecule has 0 saturated heterocycles. The molecule has 80 valence electrons. The van der Waals surface area contributed by atoms with Crippen LogP contribution in [-0.2, 0) is 0 Å². The predicted octanol–water partition coefficient (Wildman–Crippen LogP) is 2.16. The van der Waals surface area contributed by atoms with Crippen molar-refractivity contribution in [3.8, 4) is 11.3 Å². The molecule has 3 rings (SSSR count). The number of nitrogens with zero attached hydrogens (tertiary/aromatic N) is 1. The first-order valence-corrected chi connectivity index (χ1v) is 5.76. The maximum atomic E-state index is 4.68. The average Bonchev–Trinajstić information content (AvgIpc) is 2.39. The van der Waals surface area contributed by atoms with Gasteiger partial charge in [-0.2, -0.15) is 0 Å². The highest BCUT2D eigenvalue weighted by Crippen LogP contribution is 2.19. The molecule has 0 spiro atoms. The van der Waals surface area contributed by atoms with Crippen LogP contribution in [0.1, 0.15) is 0 Å². The Morgan fingerprint density at radius 3 is 2.35 bits per heavy atom. The highest BCUT2D eigenvalue weighted by atomic mass is 14.7. The zero-order chi connectivity index (χ0) is 11.7. The molecule has 0 fully saturated rings. The van der Waals surface area contributed by atoms with Gasteiger partial charge in [0.2, 0.25) is 0 Å². The number of aromatic nitrogens is 1. The Hall–Kier alpha value is -2.09.